The fourth-order valence-electron chi connectivity index (χ4n) is 2.86. The molecule has 2 unspecified atom stereocenters. The molecule has 0 aliphatic heterocycles. The first-order valence-corrected chi connectivity index (χ1v) is 7.90. The maximum absolute atomic E-state index is 11.1. The number of nitro groups is 1. The molecule has 1 aromatic carbocycles. The zero-order valence-electron chi connectivity index (χ0n) is 11.1. The van der Waals surface area contributed by atoms with E-state index in [1.165, 1.54) is 19.3 Å². The minimum Gasteiger partial charge on any atom is -0.376 e. The van der Waals surface area contributed by atoms with Gasteiger partial charge in [0.25, 0.3) is 5.69 Å². The number of nitro benzene ring substituents is 1. The quantitative estimate of drug-likeness (QED) is 0.477. The van der Waals surface area contributed by atoms with Gasteiger partial charge >= 0.3 is 0 Å². The van der Waals surface area contributed by atoms with E-state index < -0.39 is 0 Å². The van der Waals surface area contributed by atoms with E-state index in [-0.39, 0.29) is 10.6 Å². The van der Waals surface area contributed by atoms with Gasteiger partial charge in [0.2, 0.25) is 0 Å². The average Bonchev–Trinajstić information content (AvgIpc) is 2.41. The molecule has 0 spiro atoms. The van der Waals surface area contributed by atoms with Gasteiger partial charge in [0.1, 0.15) is 5.69 Å². The lowest BCUT2D eigenvalue weighted by Gasteiger charge is -2.32. The van der Waals surface area contributed by atoms with Gasteiger partial charge in [-0.1, -0.05) is 26.2 Å². The summed E-state index contributed by atoms with van der Waals surface area (Å²) in [7, 11) is 0. The van der Waals surface area contributed by atoms with Crippen LogP contribution in [0.4, 0.5) is 11.4 Å². The highest BCUT2D eigenvalue weighted by Crippen LogP contribution is 2.33. The lowest BCUT2D eigenvalue weighted by Crippen LogP contribution is -2.32. The Morgan fingerprint density at radius 3 is 2.84 bits per heavy atom. The molecule has 0 heterocycles. The van der Waals surface area contributed by atoms with Gasteiger partial charge in [0.15, 0.2) is 0 Å². The molecule has 1 saturated carbocycles. The third kappa shape index (κ3) is 3.58. The zero-order valence-corrected chi connectivity index (χ0v) is 13.2. The molecule has 104 valence electrons. The first kappa shape index (κ1) is 14.6. The van der Waals surface area contributed by atoms with Gasteiger partial charge < -0.3 is 5.32 Å². The van der Waals surface area contributed by atoms with Crippen LogP contribution >= 0.6 is 22.6 Å². The van der Waals surface area contributed by atoms with Gasteiger partial charge in [-0.2, -0.15) is 0 Å². The highest BCUT2D eigenvalue weighted by Gasteiger charge is 2.25. The summed E-state index contributed by atoms with van der Waals surface area (Å²) in [6, 6.07) is 5.76. The normalized spacial score (nSPS) is 23.1. The van der Waals surface area contributed by atoms with Crippen LogP contribution in [0, 0.1) is 19.6 Å². The van der Waals surface area contributed by atoms with Crippen molar-refractivity contribution < 1.29 is 4.92 Å². The van der Waals surface area contributed by atoms with Crippen LogP contribution in [0.15, 0.2) is 18.2 Å². The lowest BCUT2D eigenvalue weighted by atomic mass is 9.83. The van der Waals surface area contributed by atoms with Crippen LogP contribution in [0.5, 0.6) is 0 Å². The van der Waals surface area contributed by atoms with Crippen LogP contribution in [-0.2, 0) is 0 Å². The van der Waals surface area contributed by atoms with E-state index in [2.05, 4.69) is 34.8 Å². The summed E-state index contributed by atoms with van der Waals surface area (Å²) in [6.45, 7) is 2.20. The molecule has 2 rings (SSSR count). The lowest BCUT2D eigenvalue weighted by molar-refractivity contribution is -0.384. The molecule has 1 N–H and O–H groups in total. The van der Waals surface area contributed by atoms with Crippen molar-refractivity contribution in [1.82, 2.24) is 0 Å². The van der Waals surface area contributed by atoms with Gasteiger partial charge in [-0.15, -0.1) is 0 Å². The number of benzene rings is 1. The van der Waals surface area contributed by atoms with Gasteiger partial charge in [0.05, 0.1) is 4.92 Å². The van der Waals surface area contributed by atoms with E-state index in [0.717, 1.165) is 16.4 Å². The number of rotatable bonds is 4. The van der Waals surface area contributed by atoms with E-state index in [0.29, 0.717) is 17.6 Å². The molecule has 1 aliphatic rings. The van der Waals surface area contributed by atoms with Gasteiger partial charge in [-0.05, 0) is 53.5 Å². The zero-order chi connectivity index (χ0) is 13.8. The molecule has 5 heteroatoms. The Morgan fingerprint density at radius 2 is 2.16 bits per heavy atom. The van der Waals surface area contributed by atoms with Crippen molar-refractivity contribution in [3.63, 3.8) is 0 Å². The molecule has 0 radical (unpaired) electrons. The van der Waals surface area contributed by atoms with Gasteiger partial charge in [0, 0.05) is 15.7 Å². The average molecular weight is 374 g/mol. The monoisotopic (exact) mass is 374 g/mol. The Hall–Kier alpha value is -0.850. The molecule has 0 bridgehead atoms. The number of hydrogen-bond acceptors (Lipinski definition) is 3. The largest absolute Gasteiger partial charge is 0.376 e. The molecule has 1 aromatic rings. The molecule has 1 aliphatic carbocycles. The van der Waals surface area contributed by atoms with E-state index in [1.807, 2.05) is 12.1 Å². The summed E-state index contributed by atoms with van der Waals surface area (Å²) in [5.74, 6) is 0.632. The predicted octanol–water partition coefficient (Wildman–Crippen LogP) is 4.58. The van der Waals surface area contributed by atoms with Crippen molar-refractivity contribution in [3.05, 3.63) is 31.9 Å². The van der Waals surface area contributed by atoms with E-state index in [4.69, 9.17) is 0 Å². The Kier molecular flexibility index (Phi) is 5.01. The number of hydrogen-bond donors (Lipinski definition) is 1. The Balaban J connectivity index is 2.20. The second kappa shape index (κ2) is 6.54. The van der Waals surface area contributed by atoms with Crippen LogP contribution in [0.25, 0.3) is 0 Å². The molecule has 4 nitrogen and oxygen atoms in total. The van der Waals surface area contributed by atoms with Crippen LogP contribution < -0.4 is 5.32 Å². The molecule has 1 fully saturated rings. The summed E-state index contributed by atoms with van der Waals surface area (Å²) >= 11 is 2.11. The van der Waals surface area contributed by atoms with E-state index >= 15 is 0 Å². The maximum atomic E-state index is 11.1. The van der Waals surface area contributed by atoms with Crippen molar-refractivity contribution in [2.24, 2.45) is 5.92 Å². The number of halogens is 1. The van der Waals surface area contributed by atoms with Crippen LogP contribution in [0.1, 0.15) is 39.0 Å². The van der Waals surface area contributed by atoms with Crippen molar-refractivity contribution in [2.45, 2.75) is 45.1 Å². The number of nitrogens with zero attached hydrogens (tertiary/aromatic N) is 1. The predicted molar refractivity (Wildman–Crippen MR) is 85.5 cm³/mol. The second-order valence-corrected chi connectivity index (χ2v) is 6.37. The standard InChI is InChI=1S/C14H19IN2O2/c1-2-10-5-3-4-6-12(10)16-13-8-7-11(15)9-14(13)17(18)19/h7-10,12,16H,2-6H2,1H3. The maximum Gasteiger partial charge on any atom is 0.293 e. The van der Waals surface area contributed by atoms with Crippen LogP contribution in [-0.4, -0.2) is 11.0 Å². The van der Waals surface area contributed by atoms with Gasteiger partial charge in [-0.25, -0.2) is 0 Å². The summed E-state index contributed by atoms with van der Waals surface area (Å²) in [5, 5.41) is 14.5. The molecule has 0 aromatic heterocycles. The third-order valence-corrected chi connectivity index (χ3v) is 4.60. The Morgan fingerprint density at radius 1 is 1.42 bits per heavy atom. The van der Waals surface area contributed by atoms with Crippen molar-refractivity contribution in [2.75, 3.05) is 5.32 Å². The first-order valence-electron chi connectivity index (χ1n) is 6.82. The van der Waals surface area contributed by atoms with Crippen LogP contribution in [0.3, 0.4) is 0 Å². The minimum atomic E-state index is -0.297. The first-order chi connectivity index (χ1) is 9.11. The third-order valence-electron chi connectivity index (χ3n) is 3.93. The molecular formula is C14H19IN2O2. The summed E-state index contributed by atoms with van der Waals surface area (Å²) in [4.78, 5) is 10.8. The van der Waals surface area contributed by atoms with Crippen molar-refractivity contribution in [3.8, 4) is 0 Å². The molecule has 19 heavy (non-hydrogen) atoms. The minimum absolute atomic E-state index is 0.187. The molecule has 2 atom stereocenters. The van der Waals surface area contributed by atoms with Crippen LogP contribution in [0.2, 0.25) is 0 Å². The summed E-state index contributed by atoms with van der Waals surface area (Å²) in [6.07, 6.45) is 5.97. The van der Waals surface area contributed by atoms with Crippen molar-refractivity contribution >= 4 is 34.0 Å². The summed E-state index contributed by atoms with van der Waals surface area (Å²) < 4.78 is 0.894. The second-order valence-electron chi connectivity index (χ2n) is 5.12. The van der Waals surface area contributed by atoms with E-state index in [9.17, 15) is 10.1 Å². The Bertz CT molecular complexity index is 465. The van der Waals surface area contributed by atoms with Crippen molar-refractivity contribution in [1.29, 1.82) is 0 Å². The fraction of sp³-hybridized carbons (Fsp3) is 0.571. The summed E-state index contributed by atoms with van der Waals surface area (Å²) in [5.41, 5.74) is 0.850. The SMILES string of the molecule is CCC1CCCCC1Nc1ccc(I)cc1[N+](=O)[O-]. The van der Waals surface area contributed by atoms with E-state index in [1.54, 1.807) is 6.07 Å². The number of anilines is 1. The fourth-order valence-corrected chi connectivity index (χ4v) is 3.34. The Labute approximate surface area is 127 Å². The smallest absolute Gasteiger partial charge is 0.293 e. The highest BCUT2D eigenvalue weighted by molar-refractivity contribution is 14.1. The number of nitrogens with one attached hydrogen (secondary N) is 1. The topological polar surface area (TPSA) is 55.2 Å². The molecular weight excluding hydrogens is 355 g/mol. The molecule has 0 saturated heterocycles. The van der Waals surface area contributed by atoms with Gasteiger partial charge in [-0.3, -0.25) is 10.1 Å². The molecule has 0 amide bonds. The highest BCUT2D eigenvalue weighted by atomic mass is 127.